The molecule has 3 rings (SSSR count). The van der Waals surface area contributed by atoms with E-state index in [0.29, 0.717) is 12.1 Å². The first-order valence-corrected chi connectivity index (χ1v) is 6.83. The van der Waals surface area contributed by atoms with Crippen molar-refractivity contribution in [2.24, 2.45) is 0 Å². The van der Waals surface area contributed by atoms with E-state index in [9.17, 15) is 9.90 Å². The number of aromatic hydroxyl groups is 1. The van der Waals surface area contributed by atoms with Gasteiger partial charge in [0.15, 0.2) is 11.3 Å². The van der Waals surface area contributed by atoms with Crippen molar-refractivity contribution in [3.63, 3.8) is 0 Å². The number of nitrogens with zero attached hydrogens (tertiary/aromatic N) is 1. The highest BCUT2D eigenvalue weighted by atomic mass is 16.4. The van der Waals surface area contributed by atoms with Gasteiger partial charge in [-0.1, -0.05) is 6.07 Å². The lowest BCUT2D eigenvalue weighted by Crippen LogP contribution is -2.43. The van der Waals surface area contributed by atoms with Crippen LogP contribution in [0, 0.1) is 6.92 Å². The number of benzene rings is 1. The second-order valence-corrected chi connectivity index (χ2v) is 5.22. The predicted molar refractivity (Wildman–Crippen MR) is 77.0 cm³/mol. The summed E-state index contributed by atoms with van der Waals surface area (Å²) >= 11 is 0. The third kappa shape index (κ3) is 2.42. The van der Waals surface area contributed by atoms with Gasteiger partial charge in [-0.05, 0) is 24.1 Å². The zero-order chi connectivity index (χ0) is 14.1. The van der Waals surface area contributed by atoms with Crippen LogP contribution in [0.2, 0.25) is 0 Å². The number of phenolic OH excluding ortho intramolecular Hbond substituents is 1. The first-order chi connectivity index (χ1) is 9.65. The lowest BCUT2D eigenvalue weighted by atomic mass is 10.0. The lowest BCUT2D eigenvalue weighted by Gasteiger charge is -2.27. The van der Waals surface area contributed by atoms with Gasteiger partial charge in [-0.2, -0.15) is 0 Å². The Hall–Kier alpha value is -1.85. The van der Waals surface area contributed by atoms with Gasteiger partial charge in [0.1, 0.15) is 0 Å². The highest BCUT2D eigenvalue weighted by Crippen LogP contribution is 2.29. The van der Waals surface area contributed by atoms with E-state index in [1.807, 2.05) is 13.0 Å². The smallest absolute Gasteiger partial charge is 0.336 e. The Balaban J connectivity index is 2.09. The number of hydrogen-bond acceptors (Lipinski definition) is 5. The van der Waals surface area contributed by atoms with Crippen molar-refractivity contribution in [3.8, 4) is 5.75 Å². The maximum atomic E-state index is 11.7. The van der Waals surface area contributed by atoms with E-state index >= 15 is 0 Å². The van der Waals surface area contributed by atoms with E-state index in [1.165, 1.54) is 6.07 Å². The summed E-state index contributed by atoms with van der Waals surface area (Å²) in [6.07, 6.45) is 0. The quantitative estimate of drug-likeness (QED) is 0.806. The van der Waals surface area contributed by atoms with Crippen molar-refractivity contribution in [3.05, 3.63) is 39.7 Å². The van der Waals surface area contributed by atoms with Crippen molar-refractivity contribution < 1.29 is 9.52 Å². The molecule has 1 aromatic heterocycles. The van der Waals surface area contributed by atoms with Crippen molar-refractivity contribution in [2.75, 3.05) is 26.2 Å². The number of piperazine rings is 1. The van der Waals surface area contributed by atoms with E-state index in [1.54, 1.807) is 6.07 Å². The normalized spacial score (nSPS) is 16.6. The minimum absolute atomic E-state index is 0.0184. The molecule has 1 fully saturated rings. The third-order valence-corrected chi connectivity index (χ3v) is 3.76. The molecule has 1 aromatic carbocycles. The standard InChI is InChI=1S/C15H18N2O3/c1-10-2-3-12(18)15-14(10)11(8-13(19)20-15)9-17-6-4-16-5-7-17/h2-3,8,16,18H,4-7,9H2,1H3. The zero-order valence-electron chi connectivity index (χ0n) is 11.5. The molecule has 0 saturated carbocycles. The molecule has 1 aliphatic rings. The van der Waals surface area contributed by atoms with Crippen molar-refractivity contribution in [1.29, 1.82) is 0 Å². The lowest BCUT2D eigenvalue weighted by molar-refractivity contribution is 0.233. The van der Waals surface area contributed by atoms with Gasteiger partial charge >= 0.3 is 5.63 Å². The van der Waals surface area contributed by atoms with Crippen LogP contribution in [0.25, 0.3) is 11.0 Å². The maximum absolute atomic E-state index is 11.7. The SMILES string of the molecule is Cc1ccc(O)c2oc(=O)cc(CN3CCNCC3)c12. The number of rotatable bonds is 2. The molecule has 1 aliphatic heterocycles. The van der Waals surface area contributed by atoms with Gasteiger partial charge in [-0.15, -0.1) is 0 Å². The van der Waals surface area contributed by atoms with Crippen molar-refractivity contribution in [1.82, 2.24) is 10.2 Å². The summed E-state index contributed by atoms with van der Waals surface area (Å²) in [5.74, 6) is 0.0184. The minimum atomic E-state index is -0.413. The second kappa shape index (κ2) is 5.26. The van der Waals surface area contributed by atoms with E-state index in [2.05, 4.69) is 10.2 Å². The van der Waals surface area contributed by atoms with Gasteiger partial charge in [0.2, 0.25) is 0 Å². The number of fused-ring (bicyclic) bond motifs is 1. The van der Waals surface area contributed by atoms with Crippen LogP contribution in [-0.2, 0) is 6.54 Å². The van der Waals surface area contributed by atoms with Crippen LogP contribution in [-0.4, -0.2) is 36.2 Å². The third-order valence-electron chi connectivity index (χ3n) is 3.76. The van der Waals surface area contributed by atoms with Gasteiger partial charge < -0.3 is 14.8 Å². The van der Waals surface area contributed by atoms with Crippen LogP contribution in [0.5, 0.6) is 5.75 Å². The average molecular weight is 274 g/mol. The van der Waals surface area contributed by atoms with E-state index in [-0.39, 0.29) is 5.75 Å². The van der Waals surface area contributed by atoms with Crippen LogP contribution in [0.1, 0.15) is 11.1 Å². The van der Waals surface area contributed by atoms with Gasteiger partial charge in [-0.25, -0.2) is 4.79 Å². The summed E-state index contributed by atoms with van der Waals surface area (Å²) in [6, 6.07) is 4.95. The van der Waals surface area contributed by atoms with Crippen molar-refractivity contribution >= 4 is 11.0 Å². The molecule has 0 atom stereocenters. The maximum Gasteiger partial charge on any atom is 0.336 e. The van der Waals surface area contributed by atoms with Crippen LogP contribution in [0.15, 0.2) is 27.4 Å². The Morgan fingerprint density at radius 3 is 2.85 bits per heavy atom. The summed E-state index contributed by atoms with van der Waals surface area (Å²) in [4.78, 5) is 14.0. The molecular formula is C15H18N2O3. The van der Waals surface area contributed by atoms with Gasteiger partial charge in [0, 0.05) is 44.2 Å². The molecule has 0 spiro atoms. The summed E-state index contributed by atoms with van der Waals surface area (Å²) in [5.41, 5.74) is 1.81. The number of aryl methyl sites for hydroxylation is 1. The molecule has 0 aliphatic carbocycles. The fraction of sp³-hybridized carbons (Fsp3) is 0.400. The molecule has 5 nitrogen and oxygen atoms in total. The molecule has 5 heteroatoms. The number of phenols is 1. The molecule has 2 aromatic rings. The first kappa shape index (κ1) is 13.1. The molecule has 2 heterocycles. The largest absolute Gasteiger partial charge is 0.504 e. The van der Waals surface area contributed by atoms with Crippen LogP contribution < -0.4 is 10.9 Å². The Morgan fingerprint density at radius 2 is 2.10 bits per heavy atom. The first-order valence-electron chi connectivity index (χ1n) is 6.83. The van der Waals surface area contributed by atoms with Crippen molar-refractivity contribution in [2.45, 2.75) is 13.5 Å². The molecule has 0 unspecified atom stereocenters. The molecule has 2 N–H and O–H groups in total. The number of nitrogens with one attached hydrogen (secondary N) is 1. The zero-order valence-corrected chi connectivity index (χ0v) is 11.5. The van der Waals surface area contributed by atoms with E-state index in [0.717, 1.165) is 42.7 Å². The fourth-order valence-electron chi connectivity index (χ4n) is 2.75. The topological polar surface area (TPSA) is 65.7 Å². The molecule has 0 amide bonds. The molecule has 0 radical (unpaired) electrons. The Labute approximate surface area is 116 Å². The molecule has 1 saturated heterocycles. The monoisotopic (exact) mass is 274 g/mol. The molecule has 0 bridgehead atoms. The van der Waals surface area contributed by atoms with E-state index < -0.39 is 5.63 Å². The van der Waals surface area contributed by atoms with Gasteiger partial charge in [0.05, 0.1) is 0 Å². The van der Waals surface area contributed by atoms with Crippen LogP contribution in [0.4, 0.5) is 0 Å². The molecule has 106 valence electrons. The summed E-state index contributed by atoms with van der Waals surface area (Å²) in [6.45, 7) is 6.50. The van der Waals surface area contributed by atoms with Gasteiger partial charge in [-0.3, -0.25) is 4.90 Å². The van der Waals surface area contributed by atoms with Gasteiger partial charge in [0.25, 0.3) is 0 Å². The highest BCUT2D eigenvalue weighted by Gasteiger charge is 2.16. The Morgan fingerprint density at radius 1 is 1.35 bits per heavy atom. The van der Waals surface area contributed by atoms with E-state index in [4.69, 9.17) is 4.42 Å². The Kier molecular flexibility index (Phi) is 3.46. The van der Waals surface area contributed by atoms with Crippen LogP contribution in [0.3, 0.4) is 0 Å². The number of hydrogen-bond donors (Lipinski definition) is 2. The Bertz CT molecular complexity index is 687. The highest BCUT2D eigenvalue weighted by molar-refractivity contribution is 5.88. The summed E-state index contributed by atoms with van der Waals surface area (Å²) in [5, 5.41) is 14.1. The summed E-state index contributed by atoms with van der Waals surface area (Å²) < 4.78 is 5.17. The summed E-state index contributed by atoms with van der Waals surface area (Å²) in [7, 11) is 0. The minimum Gasteiger partial charge on any atom is -0.504 e. The average Bonchev–Trinajstić information content (AvgIpc) is 2.44. The molecule has 20 heavy (non-hydrogen) atoms. The predicted octanol–water partition coefficient (Wildman–Crippen LogP) is 1.21. The van der Waals surface area contributed by atoms with Crippen LogP contribution >= 0.6 is 0 Å². The molecular weight excluding hydrogens is 256 g/mol. The fourth-order valence-corrected chi connectivity index (χ4v) is 2.75. The second-order valence-electron chi connectivity index (χ2n) is 5.22.